The SMILES string of the molecule is CN=C(NCCc1ccc(Cl)nc1)NCC1(c2ccccc2C)CCOCC1. The van der Waals surface area contributed by atoms with Gasteiger partial charge >= 0.3 is 0 Å². The largest absolute Gasteiger partial charge is 0.381 e. The lowest BCUT2D eigenvalue weighted by Crippen LogP contribution is -2.48. The molecule has 1 aromatic carbocycles. The fraction of sp³-hybridized carbons (Fsp3) is 0.455. The number of nitrogens with zero attached hydrogens (tertiary/aromatic N) is 2. The molecule has 1 fully saturated rings. The average Bonchev–Trinajstić information content (AvgIpc) is 2.73. The van der Waals surface area contributed by atoms with Gasteiger partial charge in [0.2, 0.25) is 0 Å². The highest BCUT2D eigenvalue weighted by Gasteiger charge is 2.35. The van der Waals surface area contributed by atoms with E-state index < -0.39 is 0 Å². The zero-order valence-electron chi connectivity index (χ0n) is 16.7. The van der Waals surface area contributed by atoms with Crippen LogP contribution in [0.1, 0.15) is 29.5 Å². The summed E-state index contributed by atoms with van der Waals surface area (Å²) in [5.41, 5.74) is 3.97. The average molecular weight is 401 g/mol. The molecule has 28 heavy (non-hydrogen) atoms. The molecule has 0 spiro atoms. The lowest BCUT2D eigenvalue weighted by atomic mass is 9.72. The highest BCUT2D eigenvalue weighted by Crippen LogP contribution is 2.36. The van der Waals surface area contributed by atoms with Gasteiger partial charge in [0.15, 0.2) is 5.96 Å². The Balaban J connectivity index is 1.60. The van der Waals surface area contributed by atoms with Gasteiger partial charge in [0.05, 0.1) is 0 Å². The third-order valence-corrected chi connectivity index (χ3v) is 5.70. The van der Waals surface area contributed by atoms with Crippen LogP contribution in [0.2, 0.25) is 5.15 Å². The first-order valence-corrected chi connectivity index (χ1v) is 10.2. The fourth-order valence-electron chi connectivity index (χ4n) is 3.82. The standard InChI is InChI=1S/C22H29ClN4O/c1-17-5-3-4-6-19(17)22(10-13-28-14-11-22)16-27-21(24-2)25-12-9-18-7-8-20(23)26-15-18/h3-8,15H,9-14,16H2,1-2H3,(H2,24,25,27). The van der Waals surface area contributed by atoms with Crippen LogP contribution in [0.25, 0.3) is 0 Å². The van der Waals surface area contributed by atoms with Crippen LogP contribution in [0.15, 0.2) is 47.6 Å². The minimum Gasteiger partial charge on any atom is -0.381 e. The second-order valence-electron chi connectivity index (χ2n) is 7.30. The van der Waals surface area contributed by atoms with E-state index in [0.717, 1.165) is 57.1 Å². The molecule has 150 valence electrons. The third-order valence-electron chi connectivity index (χ3n) is 5.48. The van der Waals surface area contributed by atoms with Crippen molar-refractivity contribution in [2.24, 2.45) is 4.99 Å². The Morgan fingerprint density at radius 3 is 2.64 bits per heavy atom. The lowest BCUT2D eigenvalue weighted by Gasteiger charge is -2.39. The molecule has 0 amide bonds. The molecule has 5 nitrogen and oxygen atoms in total. The van der Waals surface area contributed by atoms with E-state index in [1.165, 1.54) is 11.1 Å². The van der Waals surface area contributed by atoms with E-state index in [2.05, 4.69) is 51.8 Å². The second-order valence-corrected chi connectivity index (χ2v) is 7.69. The highest BCUT2D eigenvalue weighted by atomic mass is 35.5. The summed E-state index contributed by atoms with van der Waals surface area (Å²) in [6, 6.07) is 12.5. The smallest absolute Gasteiger partial charge is 0.191 e. The second kappa shape index (κ2) is 9.89. The van der Waals surface area contributed by atoms with Crippen LogP contribution in [-0.2, 0) is 16.6 Å². The summed E-state index contributed by atoms with van der Waals surface area (Å²) in [7, 11) is 1.81. The summed E-state index contributed by atoms with van der Waals surface area (Å²) >= 11 is 5.84. The molecule has 0 radical (unpaired) electrons. The minimum atomic E-state index is 0.0707. The molecule has 3 rings (SSSR count). The molecule has 1 saturated heterocycles. The molecule has 2 heterocycles. The minimum absolute atomic E-state index is 0.0707. The number of halogens is 1. The Bertz CT molecular complexity index is 785. The Morgan fingerprint density at radius 2 is 1.96 bits per heavy atom. The van der Waals surface area contributed by atoms with Crippen molar-refractivity contribution in [2.75, 3.05) is 33.4 Å². The fourth-order valence-corrected chi connectivity index (χ4v) is 3.94. The Labute approximate surface area is 172 Å². The Morgan fingerprint density at radius 1 is 1.18 bits per heavy atom. The molecular formula is C22H29ClN4O. The number of hydrogen-bond donors (Lipinski definition) is 2. The van der Waals surface area contributed by atoms with Gasteiger partial charge in [0.25, 0.3) is 0 Å². The van der Waals surface area contributed by atoms with Crippen LogP contribution >= 0.6 is 11.6 Å². The Hall–Kier alpha value is -2.11. The van der Waals surface area contributed by atoms with Crippen LogP contribution in [-0.4, -0.2) is 44.3 Å². The predicted octanol–water partition coefficient (Wildman–Crippen LogP) is 3.50. The van der Waals surface area contributed by atoms with Crippen molar-refractivity contribution in [3.63, 3.8) is 0 Å². The van der Waals surface area contributed by atoms with Gasteiger partial charge in [-0.3, -0.25) is 4.99 Å². The number of nitrogens with one attached hydrogen (secondary N) is 2. The molecule has 0 bridgehead atoms. The number of aryl methyl sites for hydroxylation is 1. The molecule has 0 aliphatic carbocycles. The maximum atomic E-state index is 5.84. The van der Waals surface area contributed by atoms with E-state index in [-0.39, 0.29) is 5.41 Å². The number of rotatable bonds is 6. The summed E-state index contributed by atoms with van der Waals surface area (Å²) in [6.45, 7) is 5.41. The third kappa shape index (κ3) is 5.24. The first kappa shape index (κ1) is 20.6. The maximum absolute atomic E-state index is 5.84. The van der Waals surface area contributed by atoms with Gasteiger partial charge in [-0.15, -0.1) is 0 Å². The van der Waals surface area contributed by atoms with Crippen molar-refractivity contribution >= 4 is 17.6 Å². The van der Waals surface area contributed by atoms with Gasteiger partial charge in [-0.2, -0.15) is 0 Å². The van der Waals surface area contributed by atoms with E-state index in [1.54, 1.807) is 0 Å². The van der Waals surface area contributed by atoms with Gasteiger partial charge in [-0.25, -0.2) is 4.98 Å². The van der Waals surface area contributed by atoms with E-state index in [4.69, 9.17) is 16.3 Å². The first-order valence-electron chi connectivity index (χ1n) is 9.82. The molecule has 0 unspecified atom stereocenters. The van der Waals surface area contributed by atoms with Crippen molar-refractivity contribution in [1.29, 1.82) is 0 Å². The van der Waals surface area contributed by atoms with Gasteiger partial charge in [-0.05, 0) is 48.9 Å². The van der Waals surface area contributed by atoms with Crippen molar-refractivity contribution < 1.29 is 4.74 Å². The number of aliphatic imine (C=N–C) groups is 1. The summed E-state index contributed by atoms with van der Waals surface area (Å²) in [5, 5.41) is 7.47. The first-order chi connectivity index (χ1) is 13.6. The normalized spacial score (nSPS) is 16.6. The van der Waals surface area contributed by atoms with Crippen molar-refractivity contribution in [1.82, 2.24) is 15.6 Å². The topological polar surface area (TPSA) is 58.5 Å². The van der Waals surface area contributed by atoms with Gasteiger partial charge in [0.1, 0.15) is 5.15 Å². The molecule has 0 atom stereocenters. The van der Waals surface area contributed by atoms with Gasteiger partial charge < -0.3 is 15.4 Å². The molecular weight excluding hydrogens is 372 g/mol. The number of ether oxygens (including phenoxy) is 1. The van der Waals surface area contributed by atoms with E-state index in [0.29, 0.717) is 5.15 Å². The molecule has 2 N–H and O–H groups in total. The number of benzene rings is 1. The van der Waals surface area contributed by atoms with Crippen LogP contribution in [0.4, 0.5) is 0 Å². The summed E-state index contributed by atoms with van der Waals surface area (Å²) < 4.78 is 5.65. The molecule has 0 saturated carbocycles. The monoisotopic (exact) mass is 400 g/mol. The van der Waals surface area contributed by atoms with Crippen LogP contribution in [0, 0.1) is 6.92 Å². The lowest BCUT2D eigenvalue weighted by molar-refractivity contribution is 0.0512. The molecule has 2 aromatic rings. The van der Waals surface area contributed by atoms with Crippen molar-refractivity contribution in [2.45, 2.75) is 31.6 Å². The quantitative estimate of drug-likeness (QED) is 0.442. The molecule has 1 aromatic heterocycles. The summed E-state index contributed by atoms with van der Waals surface area (Å²) in [4.78, 5) is 8.52. The van der Waals surface area contributed by atoms with Crippen molar-refractivity contribution in [3.05, 3.63) is 64.4 Å². The van der Waals surface area contributed by atoms with Crippen molar-refractivity contribution in [3.8, 4) is 0 Å². The molecule has 1 aliphatic heterocycles. The van der Waals surface area contributed by atoms with Crippen LogP contribution < -0.4 is 10.6 Å². The van der Waals surface area contributed by atoms with Gasteiger partial charge in [0, 0.05) is 45.0 Å². The Kier molecular flexibility index (Phi) is 7.29. The number of guanidine groups is 1. The van der Waals surface area contributed by atoms with E-state index in [1.807, 2.05) is 25.4 Å². The number of pyridine rings is 1. The summed E-state index contributed by atoms with van der Waals surface area (Å²) in [6.07, 6.45) is 4.70. The predicted molar refractivity (Wildman–Crippen MR) is 115 cm³/mol. The zero-order chi connectivity index (χ0) is 19.8. The zero-order valence-corrected chi connectivity index (χ0v) is 17.4. The number of aromatic nitrogens is 1. The van der Waals surface area contributed by atoms with E-state index >= 15 is 0 Å². The highest BCUT2D eigenvalue weighted by molar-refractivity contribution is 6.29. The summed E-state index contributed by atoms with van der Waals surface area (Å²) in [5.74, 6) is 0.821. The molecule has 6 heteroatoms. The van der Waals surface area contributed by atoms with Gasteiger partial charge in [-0.1, -0.05) is 41.9 Å². The maximum Gasteiger partial charge on any atom is 0.191 e. The number of hydrogen-bond acceptors (Lipinski definition) is 3. The van der Waals surface area contributed by atoms with Crippen LogP contribution in [0.5, 0.6) is 0 Å². The molecule has 1 aliphatic rings. The van der Waals surface area contributed by atoms with E-state index in [9.17, 15) is 0 Å². The van der Waals surface area contributed by atoms with Crippen LogP contribution in [0.3, 0.4) is 0 Å².